The van der Waals surface area contributed by atoms with E-state index in [1.165, 1.54) is 10.8 Å². The Labute approximate surface area is 163 Å². The van der Waals surface area contributed by atoms with Gasteiger partial charge in [0.05, 0.1) is 23.9 Å². The maximum atomic E-state index is 12.1. The minimum Gasteiger partial charge on any atom is -0.383 e. The fourth-order valence-corrected chi connectivity index (χ4v) is 3.21. The third-order valence-corrected chi connectivity index (χ3v) is 4.57. The fraction of sp³-hybridized carbons (Fsp3) is 0.130. The van der Waals surface area contributed by atoms with Crippen LogP contribution in [0.4, 0.5) is 11.4 Å². The van der Waals surface area contributed by atoms with E-state index in [0.717, 1.165) is 23.1 Å². The van der Waals surface area contributed by atoms with Crippen molar-refractivity contribution in [2.45, 2.75) is 0 Å². The van der Waals surface area contributed by atoms with Gasteiger partial charge in [-0.05, 0) is 23.6 Å². The highest BCUT2D eigenvalue weighted by molar-refractivity contribution is 5.94. The monoisotopic (exact) mass is 370 g/mol. The van der Waals surface area contributed by atoms with Crippen LogP contribution in [0.25, 0.3) is 21.7 Å². The lowest BCUT2D eigenvalue weighted by Gasteiger charge is -2.11. The van der Waals surface area contributed by atoms with Crippen LogP contribution in [0.15, 0.2) is 79.0 Å². The van der Waals surface area contributed by atoms with Crippen molar-refractivity contribution in [3.63, 3.8) is 0 Å². The van der Waals surface area contributed by atoms with Crippen molar-refractivity contribution in [1.29, 1.82) is 0 Å². The Morgan fingerprint density at radius 2 is 1.64 bits per heavy atom. The Bertz CT molecular complexity index is 1100. The van der Waals surface area contributed by atoms with Crippen molar-refractivity contribution in [1.82, 2.24) is 10.3 Å². The van der Waals surface area contributed by atoms with Crippen LogP contribution < -0.4 is 16.0 Å². The van der Waals surface area contributed by atoms with Crippen LogP contribution in [0.1, 0.15) is 0 Å². The summed E-state index contributed by atoms with van der Waals surface area (Å²) in [6.45, 7) is 1.68. The SMILES string of the molecule is O=C(CNCCNc1cccc2ccccc12)Nc1cnc2ccccc2c1. The number of pyridine rings is 1. The third kappa shape index (κ3) is 4.27. The Hall–Kier alpha value is -3.44. The van der Waals surface area contributed by atoms with Crippen molar-refractivity contribution in [3.05, 3.63) is 79.0 Å². The number of para-hydroxylation sites is 1. The molecular formula is C23H22N4O. The van der Waals surface area contributed by atoms with Gasteiger partial charge in [0.15, 0.2) is 0 Å². The van der Waals surface area contributed by atoms with Crippen molar-refractivity contribution in [2.75, 3.05) is 30.3 Å². The molecule has 0 saturated carbocycles. The first-order valence-corrected chi connectivity index (χ1v) is 9.36. The molecule has 5 heteroatoms. The smallest absolute Gasteiger partial charge is 0.238 e. The number of aromatic nitrogens is 1. The lowest BCUT2D eigenvalue weighted by Crippen LogP contribution is -2.31. The number of fused-ring (bicyclic) bond motifs is 2. The van der Waals surface area contributed by atoms with Gasteiger partial charge < -0.3 is 16.0 Å². The molecule has 0 radical (unpaired) electrons. The van der Waals surface area contributed by atoms with Crippen LogP contribution in [0, 0.1) is 0 Å². The number of benzene rings is 3. The first kappa shape index (κ1) is 17.9. The van der Waals surface area contributed by atoms with E-state index in [0.29, 0.717) is 12.2 Å². The number of nitrogens with one attached hydrogen (secondary N) is 3. The molecule has 0 fully saturated rings. The van der Waals surface area contributed by atoms with E-state index in [9.17, 15) is 4.79 Å². The van der Waals surface area contributed by atoms with Crippen molar-refractivity contribution in [3.8, 4) is 0 Å². The molecular weight excluding hydrogens is 348 g/mol. The summed E-state index contributed by atoms with van der Waals surface area (Å²) in [4.78, 5) is 16.5. The van der Waals surface area contributed by atoms with Gasteiger partial charge in [-0.15, -0.1) is 0 Å². The highest BCUT2D eigenvalue weighted by Gasteiger charge is 2.04. The molecule has 0 aliphatic heterocycles. The predicted molar refractivity (Wildman–Crippen MR) is 116 cm³/mol. The topological polar surface area (TPSA) is 66.1 Å². The molecule has 4 rings (SSSR count). The minimum absolute atomic E-state index is 0.0813. The Kier molecular flexibility index (Phi) is 5.45. The van der Waals surface area contributed by atoms with Crippen molar-refractivity contribution < 1.29 is 4.79 Å². The number of carbonyl (C=O) groups excluding carboxylic acids is 1. The summed E-state index contributed by atoms with van der Waals surface area (Å²) in [5.74, 6) is -0.0813. The number of amides is 1. The second-order valence-corrected chi connectivity index (χ2v) is 6.60. The predicted octanol–water partition coefficient (Wildman–Crippen LogP) is 4.03. The summed E-state index contributed by atoms with van der Waals surface area (Å²) >= 11 is 0. The highest BCUT2D eigenvalue weighted by atomic mass is 16.1. The summed E-state index contributed by atoms with van der Waals surface area (Å²) in [6.07, 6.45) is 1.68. The van der Waals surface area contributed by atoms with Crippen LogP contribution in [-0.4, -0.2) is 30.5 Å². The van der Waals surface area contributed by atoms with Gasteiger partial charge in [-0.25, -0.2) is 0 Å². The molecule has 0 saturated heterocycles. The lowest BCUT2D eigenvalue weighted by atomic mass is 10.1. The molecule has 0 unspecified atom stereocenters. The summed E-state index contributed by atoms with van der Waals surface area (Å²) in [7, 11) is 0. The van der Waals surface area contributed by atoms with Gasteiger partial charge in [0, 0.05) is 29.5 Å². The lowest BCUT2D eigenvalue weighted by molar-refractivity contribution is -0.115. The van der Waals surface area contributed by atoms with Gasteiger partial charge in [0.25, 0.3) is 0 Å². The second kappa shape index (κ2) is 8.50. The summed E-state index contributed by atoms with van der Waals surface area (Å²) in [6, 6.07) is 24.3. The quantitative estimate of drug-likeness (QED) is 0.430. The van der Waals surface area contributed by atoms with Gasteiger partial charge >= 0.3 is 0 Å². The molecule has 3 aromatic carbocycles. The van der Waals surface area contributed by atoms with Gasteiger partial charge in [-0.2, -0.15) is 0 Å². The maximum absolute atomic E-state index is 12.1. The molecule has 4 aromatic rings. The van der Waals surface area contributed by atoms with Crippen LogP contribution >= 0.6 is 0 Å². The third-order valence-electron chi connectivity index (χ3n) is 4.57. The Morgan fingerprint density at radius 3 is 2.57 bits per heavy atom. The van der Waals surface area contributed by atoms with E-state index in [1.54, 1.807) is 6.20 Å². The first-order valence-electron chi connectivity index (χ1n) is 9.36. The number of carbonyl (C=O) groups is 1. The average molecular weight is 370 g/mol. The zero-order valence-corrected chi connectivity index (χ0v) is 15.5. The number of hydrogen-bond donors (Lipinski definition) is 3. The molecule has 1 heterocycles. The van der Waals surface area contributed by atoms with Gasteiger partial charge in [0.1, 0.15) is 0 Å². The largest absolute Gasteiger partial charge is 0.383 e. The van der Waals surface area contributed by atoms with E-state index in [-0.39, 0.29) is 12.5 Å². The van der Waals surface area contributed by atoms with Crippen molar-refractivity contribution in [2.24, 2.45) is 0 Å². The summed E-state index contributed by atoms with van der Waals surface area (Å²) < 4.78 is 0. The molecule has 3 N–H and O–H groups in total. The summed E-state index contributed by atoms with van der Waals surface area (Å²) in [5.41, 5.74) is 2.73. The normalized spacial score (nSPS) is 10.9. The molecule has 0 atom stereocenters. The van der Waals surface area contributed by atoms with Gasteiger partial charge in [-0.3, -0.25) is 9.78 Å². The average Bonchev–Trinajstić information content (AvgIpc) is 2.73. The molecule has 0 aliphatic carbocycles. The number of anilines is 2. The van der Waals surface area contributed by atoms with E-state index >= 15 is 0 Å². The number of rotatable bonds is 7. The Balaban J connectivity index is 1.24. The van der Waals surface area contributed by atoms with Crippen LogP contribution in [-0.2, 0) is 4.79 Å². The minimum atomic E-state index is -0.0813. The molecule has 1 aromatic heterocycles. The molecule has 1 amide bonds. The molecule has 28 heavy (non-hydrogen) atoms. The second-order valence-electron chi connectivity index (χ2n) is 6.60. The van der Waals surface area contributed by atoms with E-state index < -0.39 is 0 Å². The van der Waals surface area contributed by atoms with Crippen LogP contribution in [0.5, 0.6) is 0 Å². The first-order chi connectivity index (χ1) is 13.8. The maximum Gasteiger partial charge on any atom is 0.238 e. The van der Waals surface area contributed by atoms with Crippen molar-refractivity contribution >= 4 is 39.0 Å². The zero-order valence-electron chi connectivity index (χ0n) is 15.5. The van der Waals surface area contributed by atoms with Crippen LogP contribution in [0.3, 0.4) is 0 Å². The van der Waals surface area contributed by atoms with E-state index in [1.807, 2.05) is 48.5 Å². The highest BCUT2D eigenvalue weighted by Crippen LogP contribution is 2.22. The zero-order chi connectivity index (χ0) is 19.2. The summed E-state index contributed by atoms with van der Waals surface area (Å²) in [5, 5.41) is 12.9. The number of hydrogen-bond acceptors (Lipinski definition) is 4. The van der Waals surface area contributed by atoms with E-state index in [2.05, 4.69) is 45.2 Å². The molecule has 5 nitrogen and oxygen atoms in total. The molecule has 0 aliphatic rings. The molecule has 0 bridgehead atoms. The number of nitrogens with zero attached hydrogens (tertiary/aromatic N) is 1. The standard InChI is InChI=1S/C23H22N4O/c28-23(27-19-14-18-7-2-4-10-21(18)26-15-19)16-24-12-13-25-22-11-5-8-17-6-1-3-9-20(17)22/h1-11,14-15,24-25H,12-13,16H2,(H,27,28). The van der Waals surface area contributed by atoms with Crippen LogP contribution in [0.2, 0.25) is 0 Å². The van der Waals surface area contributed by atoms with Gasteiger partial charge in [-0.1, -0.05) is 54.6 Å². The fourth-order valence-electron chi connectivity index (χ4n) is 3.21. The van der Waals surface area contributed by atoms with Gasteiger partial charge in [0.2, 0.25) is 5.91 Å². The van der Waals surface area contributed by atoms with E-state index in [4.69, 9.17) is 0 Å². The Morgan fingerprint density at radius 1 is 0.857 bits per heavy atom. The molecule has 140 valence electrons. The molecule has 0 spiro atoms.